The van der Waals surface area contributed by atoms with E-state index in [0.29, 0.717) is 25.6 Å². The summed E-state index contributed by atoms with van der Waals surface area (Å²) in [5.74, 6) is -0.843. The van der Waals surface area contributed by atoms with Crippen molar-refractivity contribution < 1.29 is 14.3 Å². The Labute approximate surface area is 163 Å². The second-order valence-corrected chi connectivity index (χ2v) is 7.95. The van der Waals surface area contributed by atoms with E-state index in [9.17, 15) is 9.59 Å². The van der Waals surface area contributed by atoms with Crippen LogP contribution in [0.2, 0.25) is 5.02 Å². The number of esters is 1. The van der Waals surface area contributed by atoms with Gasteiger partial charge in [0, 0.05) is 10.1 Å². The average molecular weight is 407 g/mol. The molecule has 0 atom stereocenters. The highest BCUT2D eigenvalue weighted by Crippen LogP contribution is 2.36. The van der Waals surface area contributed by atoms with Gasteiger partial charge in [-0.05, 0) is 25.5 Å². The monoisotopic (exact) mass is 406 g/mol. The van der Waals surface area contributed by atoms with Crippen molar-refractivity contribution >= 4 is 61.4 Å². The number of nitrogens with zero attached hydrogens (tertiary/aromatic N) is 1. The molecule has 3 rings (SSSR count). The predicted octanol–water partition coefficient (Wildman–Crippen LogP) is 5.22. The van der Waals surface area contributed by atoms with Gasteiger partial charge in [0.25, 0.3) is 5.91 Å². The first-order valence-corrected chi connectivity index (χ1v) is 9.67. The van der Waals surface area contributed by atoms with E-state index in [4.69, 9.17) is 16.3 Å². The van der Waals surface area contributed by atoms with E-state index in [1.54, 1.807) is 6.92 Å². The van der Waals surface area contributed by atoms with Gasteiger partial charge in [0.1, 0.15) is 16.4 Å². The van der Waals surface area contributed by atoms with E-state index in [-0.39, 0.29) is 12.5 Å². The number of aryl methyl sites for hydroxylation is 2. The number of hydrogen-bond donors (Lipinski definition) is 1. The molecule has 0 aliphatic carbocycles. The van der Waals surface area contributed by atoms with Gasteiger partial charge in [0.2, 0.25) is 0 Å². The molecule has 0 bridgehead atoms. The number of thiazole rings is 1. The van der Waals surface area contributed by atoms with Crippen LogP contribution in [0.15, 0.2) is 30.9 Å². The molecular formula is C18H15ClN2O3S2. The number of ether oxygens (including phenoxy) is 1. The summed E-state index contributed by atoms with van der Waals surface area (Å²) in [5.41, 5.74) is 1.60. The van der Waals surface area contributed by atoms with Crippen molar-refractivity contribution in [2.75, 3.05) is 11.9 Å². The minimum atomic E-state index is -0.490. The van der Waals surface area contributed by atoms with Gasteiger partial charge >= 0.3 is 5.97 Å². The first-order chi connectivity index (χ1) is 12.4. The lowest BCUT2D eigenvalue weighted by Gasteiger charge is -1.99. The van der Waals surface area contributed by atoms with Gasteiger partial charge in [0.15, 0.2) is 5.13 Å². The number of nitrogens with one attached hydrogen (secondary N) is 1. The molecule has 8 heteroatoms. The van der Waals surface area contributed by atoms with Gasteiger partial charge < -0.3 is 4.74 Å². The van der Waals surface area contributed by atoms with Gasteiger partial charge in [-0.15, -0.1) is 11.3 Å². The van der Waals surface area contributed by atoms with Gasteiger partial charge in [-0.1, -0.05) is 47.7 Å². The molecule has 1 N–H and O–H groups in total. The fraction of sp³-hybridized carbons (Fsp3) is 0.167. The second-order valence-electron chi connectivity index (χ2n) is 5.52. The molecule has 1 amide bonds. The quantitative estimate of drug-likeness (QED) is 0.465. The molecule has 134 valence electrons. The third-order valence-corrected chi connectivity index (χ3v) is 6.23. The number of carbonyl (C=O) groups is 2. The van der Waals surface area contributed by atoms with Crippen LogP contribution in [0.5, 0.6) is 0 Å². The number of thiophene rings is 1. The molecule has 5 nitrogen and oxygen atoms in total. The van der Waals surface area contributed by atoms with E-state index < -0.39 is 5.97 Å². The second kappa shape index (κ2) is 7.57. The molecule has 2 heterocycles. The Hall–Kier alpha value is -2.22. The summed E-state index contributed by atoms with van der Waals surface area (Å²) in [5, 5.41) is 4.30. The number of carbonyl (C=O) groups excluding carboxylic acids is 2. The van der Waals surface area contributed by atoms with Crippen LogP contribution in [0, 0.1) is 13.8 Å². The Balaban J connectivity index is 1.83. The number of anilines is 1. The molecule has 0 unspecified atom stereocenters. The Morgan fingerprint density at radius 3 is 2.81 bits per heavy atom. The zero-order valence-corrected chi connectivity index (χ0v) is 16.5. The van der Waals surface area contributed by atoms with E-state index >= 15 is 0 Å². The maximum atomic E-state index is 12.6. The van der Waals surface area contributed by atoms with Crippen LogP contribution < -0.4 is 5.32 Å². The third kappa shape index (κ3) is 3.65. The average Bonchev–Trinajstić information content (AvgIpc) is 3.12. The molecule has 0 radical (unpaired) electrons. The Bertz CT molecular complexity index is 1020. The van der Waals surface area contributed by atoms with Crippen LogP contribution in [0.25, 0.3) is 10.1 Å². The van der Waals surface area contributed by atoms with Crippen molar-refractivity contribution in [3.63, 3.8) is 0 Å². The third-order valence-electron chi connectivity index (χ3n) is 3.53. The largest absolute Gasteiger partial charge is 0.457 e. The summed E-state index contributed by atoms with van der Waals surface area (Å²) in [6.07, 6.45) is 1.49. The maximum Gasteiger partial charge on any atom is 0.350 e. The number of aromatic nitrogens is 1. The van der Waals surface area contributed by atoms with Crippen LogP contribution in [0.3, 0.4) is 0 Å². The SMILES string of the molecule is C=CCOC(=O)c1sc(NC(=O)c2sc3cc(C)ccc3c2Cl)nc1C. The predicted molar refractivity (Wildman–Crippen MR) is 107 cm³/mol. The van der Waals surface area contributed by atoms with Crippen molar-refractivity contribution in [1.82, 2.24) is 4.98 Å². The summed E-state index contributed by atoms with van der Waals surface area (Å²) < 4.78 is 5.96. The fourth-order valence-corrected chi connectivity index (χ4v) is 4.68. The van der Waals surface area contributed by atoms with Crippen LogP contribution in [-0.2, 0) is 4.74 Å². The lowest BCUT2D eigenvalue weighted by Crippen LogP contribution is -2.10. The van der Waals surface area contributed by atoms with Gasteiger partial charge in [-0.25, -0.2) is 9.78 Å². The molecule has 0 aliphatic heterocycles. The smallest absolute Gasteiger partial charge is 0.350 e. The van der Waals surface area contributed by atoms with Crippen molar-refractivity contribution in [3.05, 3.63) is 56.9 Å². The minimum absolute atomic E-state index is 0.120. The maximum absolute atomic E-state index is 12.6. The Kier molecular flexibility index (Phi) is 5.41. The number of fused-ring (bicyclic) bond motifs is 1. The molecule has 26 heavy (non-hydrogen) atoms. The molecule has 0 saturated heterocycles. The van der Waals surface area contributed by atoms with Crippen molar-refractivity contribution in [1.29, 1.82) is 0 Å². The van der Waals surface area contributed by atoms with Gasteiger partial charge in [-0.3, -0.25) is 10.1 Å². The Morgan fingerprint density at radius 1 is 1.31 bits per heavy atom. The number of halogens is 1. The number of rotatable bonds is 5. The number of amides is 1. The molecule has 3 aromatic rings. The van der Waals surface area contributed by atoms with Crippen molar-refractivity contribution in [2.45, 2.75) is 13.8 Å². The highest BCUT2D eigenvalue weighted by molar-refractivity contribution is 7.22. The molecule has 0 fully saturated rings. The van der Waals surface area contributed by atoms with Gasteiger partial charge in [-0.2, -0.15) is 0 Å². The fourth-order valence-electron chi connectivity index (χ4n) is 2.31. The summed E-state index contributed by atoms with van der Waals surface area (Å²) >= 11 is 8.75. The Morgan fingerprint density at radius 2 is 2.08 bits per heavy atom. The molecule has 0 saturated carbocycles. The molecular weight excluding hydrogens is 392 g/mol. The summed E-state index contributed by atoms with van der Waals surface area (Å²) in [4.78, 5) is 29.6. The highest BCUT2D eigenvalue weighted by Gasteiger charge is 2.21. The van der Waals surface area contributed by atoms with E-state index in [1.165, 1.54) is 17.4 Å². The molecule has 1 aromatic carbocycles. The number of hydrogen-bond acceptors (Lipinski definition) is 6. The topological polar surface area (TPSA) is 68.3 Å². The summed E-state index contributed by atoms with van der Waals surface area (Å²) in [7, 11) is 0. The first kappa shape index (κ1) is 18.6. The molecule has 0 spiro atoms. The van der Waals surface area contributed by atoms with E-state index in [0.717, 1.165) is 27.0 Å². The van der Waals surface area contributed by atoms with Crippen LogP contribution >= 0.6 is 34.3 Å². The van der Waals surface area contributed by atoms with Crippen LogP contribution in [0.4, 0.5) is 5.13 Å². The van der Waals surface area contributed by atoms with Crippen LogP contribution in [0.1, 0.15) is 30.6 Å². The summed E-state index contributed by atoms with van der Waals surface area (Å²) in [6, 6.07) is 5.85. The zero-order chi connectivity index (χ0) is 18.8. The zero-order valence-electron chi connectivity index (χ0n) is 14.1. The standard InChI is InChI=1S/C18H15ClN2O3S2/c1-4-7-24-17(23)14-10(3)20-18(26-14)21-16(22)15-13(19)11-6-5-9(2)8-12(11)25-15/h4-6,8H,1,7H2,2-3H3,(H,20,21,22). The van der Waals surface area contributed by atoms with Crippen molar-refractivity contribution in [2.24, 2.45) is 0 Å². The van der Waals surface area contributed by atoms with Crippen molar-refractivity contribution in [3.8, 4) is 0 Å². The molecule has 0 aliphatic rings. The van der Waals surface area contributed by atoms with Gasteiger partial charge in [0.05, 0.1) is 10.7 Å². The highest BCUT2D eigenvalue weighted by atomic mass is 35.5. The minimum Gasteiger partial charge on any atom is -0.457 e. The van der Waals surface area contributed by atoms with Crippen LogP contribution in [-0.4, -0.2) is 23.5 Å². The summed E-state index contributed by atoms with van der Waals surface area (Å²) in [6.45, 7) is 7.29. The first-order valence-electron chi connectivity index (χ1n) is 7.66. The number of benzene rings is 1. The normalized spacial score (nSPS) is 10.7. The lowest BCUT2D eigenvalue weighted by molar-refractivity contribution is 0.0554. The molecule has 2 aromatic heterocycles. The van der Waals surface area contributed by atoms with E-state index in [1.807, 2.05) is 25.1 Å². The lowest BCUT2D eigenvalue weighted by atomic mass is 10.2. The van der Waals surface area contributed by atoms with E-state index in [2.05, 4.69) is 16.9 Å².